The molecule has 0 atom stereocenters. The smallest absolute Gasteiger partial charge is 0.195 e. The summed E-state index contributed by atoms with van der Waals surface area (Å²) in [7, 11) is 0. The summed E-state index contributed by atoms with van der Waals surface area (Å²) in [4.78, 5) is 19.9. The van der Waals surface area contributed by atoms with Gasteiger partial charge in [0.2, 0.25) is 0 Å². The number of piperidine rings is 1. The first-order valence-corrected chi connectivity index (χ1v) is 13.3. The number of nitrogens with two attached hydrogens (primary N) is 1. The molecule has 1 aliphatic carbocycles. The van der Waals surface area contributed by atoms with Gasteiger partial charge in [-0.1, -0.05) is 26.8 Å². The molecular weight excluding hydrogens is 452 g/mol. The third-order valence-corrected chi connectivity index (χ3v) is 8.92. The predicted molar refractivity (Wildman–Crippen MR) is 142 cm³/mol. The molecule has 0 unspecified atom stereocenters. The number of carbonyl (C=O) groups is 1. The van der Waals surface area contributed by atoms with Crippen LogP contribution in [-0.4, -0.2) is 66.1 Å². The fraction of sp³-hybridized carbons (Fsp3) is 0.483. The Morgan fingerprint density at radius 3 is 2.58 bits per heavy atom. The highest BCUT2D eigenvalue weighted by molar-refractivity contribution is 6.20. The summed E-state index contributed by atoms with van der Waals surface area (Å²) in [5.74, 6) is 0.0920. The zero-order valence-electron chi connectivity index (χ0n) is 21.6. The number of rotatable bonds is 3. The maximum absolute atomic E-state index is 13.9. The van der Waals surface area contributed by atoms with Gasteiger partial charge in [-0.05, 0) is 41.8 Å². The SMILES string of the molecule is CCc1cc2c(cc1N1CCC([N+]3(O)CCOCC3)CC1)C(C)(C)c1[nH]c3cc(N)ccc3c1C2=O. The van der Waals surface area contributed by atoms with Gasteiger partial charge in [-0.15, -0.1) is 0 Å². The zero-order valence-corrected chi connectivity index (χ0v) is 21.6. The molecule has 3 aromatic rings. The largest absolute Gasteiger partial charge is 0.399 e. The highest BCUT2D eigenvalue weighted by atomic mass is 16.6. The van der Waals surface area contributed by atoms with Gasteiger partial charge in [-0.25, -0.2) is 5.21 Å². The maximum Gasteiger partial charge on any atom is 0.195 e. The van der Waals surface area contributed by atoms with Gasteiger partial charge in [-0.3, -0.25) is 4.79 Å². The van der Waals surface area contributed by atoms with E-state index in [1.165, 1.54) is 11.3 Å². The summed E-state index contributed by atoms with van der Waals surface area (Å²) in [6.45, 7) is 11.0. The highest BCUT2D eigenvalue weighted by Gasteiger charge is 2.42. The van der Waals surface area contributed by atoms with Gasteiger partial charge < -0.3 is 20.4 Å². The number of ketones is 1. The van der Waals surface area contributed by atoms with Crippen LogP contribution in [0.1, 0.15) is 66.4 Å². The number of carbonyl (C=O) groups excluding carboxylic acids is 1. The molecule has 36 heavy (non-hydrogen) atoms. The van der Waals surface area contributed by atoms with E-state index in [1.807, 2.05) is 18.2 Å². The molecule has 2 aromatic carbocycles. The fourth-order valence-electron chi connectivity index (χ4n) is 6.72. The average Bonchev–Trinajstić information content (AvgIpc) is 3.27. The van der Waals surface area contributed by atoms with Crippen molar-refractivity contribution in [3.05, 3.63) is 58.3 Å². The number of hydroxylamine groups is 3. The number of quaternary nitrogens is 1. The molecule has 4 N–H and O–H groups in total. The van der Waals surface area contributed by atoms with Gasteiger partial charge in [0.1, 0.15) is 19.1 Å². The molecule has 0 spiro atoms. The van der Waals surface area contributed by atoms with Crippen molar-refractivity contribution in [2.45, 2.75) is 51.5 Å². The number of nitrogens with one attached hydrogen (secondary N) is 1. The van der Waals surface area contributed by atoms with Crippen LogP contribution in [-0.2, 0) is 16.6 Å². The van der Waals surface area contributed by atoms with E-state index < -0.39 is 0 Å². The van der Waals surface area contributed by atoms with Crippen LogP contribution < -0.4 is 10.6 Å². The van der Waals surface area contributed by atoms with Crippen molar-refractivity contribution in [1.82, 2.24) is 4.98 Å². The molecule has 3 aliphatic rings. The molecule has 6 rings (SSSR count). The Morgan fingerprint density at radius 1 is 1.17 bits per heavy atom. The van der Waals surface area contributed by atoms with Crippen LogP contribution >= 0.6 is 0 Å². The van der Waals surface area contributed by atoms with Crippen LogP contribution in [0.15, 0.2) is 30.3 Å². The number of benzene rings is 2. The van der Waals surface area contributed by atoms with Crippen molar-refractivity contribution in [2.24, 2.45) is 0 Å². The highest BCUT2D eigenvalue weighted by Crippen LogP contribution is 2.46. The molecule has 2 fully saturated rings. The Bertz CT molecular complexity index is 1340. The summed E-state index contributed by atoms with van der Waals surface area (Å²) >= 11 is 0. The quantitative estimate of drug-likeness (QED) is 0.375. The van der Waals surface area contributed by atoms with Gasteiger partial charge >= 0.3 is 0 Å². The van der Waals surface area contributed by atoms with Crippen LogP contribution in [0.2, 0.25) is 0 Å². The minimum atomic E-state index is -0.347. The number of H-pyrrole nitrogens is 1. The third kappa shape index (κ3) is 3.48. The second-order valence-electron chi connectivity index (χ2n) is 11.3. The van der Waals surface area contributed by atoms with Crippen molar-refractivity contribution in [1.29, 1.82) is 0 Å². The van der Waals surface area contributed by atoms with Crippen LogP contribution in [0.3, 0.4) is 0 Å². The van der Waals surface area contributed by atoms with Gasteiger partial charge in [0.05, 0.1) is 18.8 Å². The first kappa shape index (κ1) is 23.5. The van der Waals surface area contributed by atoms with E-state index in [1.54, 1.807) is 0 Å². The van der Waals surface area contributed by atoms with Crippen molar-refractivity contribution in [2.75, 3.05) is 50.0 Å². The van der Waals surface area contributed by atoms with E-state index in [-0.39, 0.29) is 21.9 Å². The molecule has 7 nitrogen and oxygen atoms in total. The van der Waals surface area contributed by atoms with Gasteiger partial charge in [-0.2, -0.15) is 4.65 Å². The topological polar surface area (TPSA) is 91.6 Å². The first-order valence-electron chi connectivity index (χ1n) is 13.3. The molecule has 2 aliphatic heterocycles. The molecule has 0 saturated carbocycles. The van der Waals surface area contributed by atoms with Crippen molar-refractivity contribution >= 4 is 28.1 Å². The number of nitrogen functional groups attached to an aromatic ring is 1. The van der Waals surface area contributed by atoms with E-state index in [4.69, 9.17) is 10.5 Å². The van der Waals surface area contributed by atoms with Crippen molar-refractivity contribution in [3.63, 3.8) is 0 Å². The summed E-state index contributed by atoms with van der Waals surface area (Å²) in [5.41, 5.74) is 13.4. The molecule has 190 valence electrons. The number of ether oxygens (including phenoxy) is 1. The van der Waals surface area contributed by atoms with E-state index in [2.05, 4.69) is 42.8 Å². The number of anilines is 2. The summed E-state index contributed by atoms with van der Waals surface area (Å²) in [5, 5.41) is 12.1. The number of aryl methyl sites for hydroxylation is 1. The molecule has 0 bridgehead atoms. The Hall–Kier alpha value is -2.87. The monoisotopic (exact) mass is 489 g/mol. The lowest BCUT2D eigenvalue weighted by Gasteiger charge is -2.44. The second kappa shape index (κ2) is 8.33. The minimum Gasteiger partial charge on any atom is -0.399 e. The zero-order chi connectivity index (χ0) is 25.2. The van der Waals surface area contributed by atoms with Crippen molar-refractivity contribution < 1.29 is 19.4 Å². The molecule has 7 heteroatoms. The second-order valence-corrected chi connectivity index (χ2v) is 11.3. The lowest BCUT2D eigenvalue weighted by Crippen LogP contribution is -2.61. The van der Waals surface area contributed by atoms with E-state index in [9.17, 15) is 10.0 Å². The van der Waals surface area contributed by atoms with Gasteiger partial charge in [0.15, 0.2) is 5.78 Å². The number of nitrogens with zero attached hydrogens (tertiary/aromatic N) is 2. The normalized spacial score (nSPS) is 21.4. The van der Waals surface area contributed by atoms with Crippen LogP contribution in [0.25, 0.3) is 10.9 Å². The molecule has 0 radical (unpaired) electrons. The minimum absolute atomic E-state index is 0.0920. The predicted octanol–water partition coefficient (Wildman–Crippen LogP) is 4.39. The Balaban J connectivity index is 1.36. The van der Waals surface area contributed by atoms with Crippen molar-refractivity contribution in [3.8, 4) is 0 Å². The molecule has 1 aromatic heterocycles. The average molecular weight is 490 g/mol. The van der Waals surface area contributed by atoms with Crippen LogP contribution in [0.5, 0.6) is 0 Å². The lowest BCUT2D eigenvalue weighted by molar-refractivity contribution is -1.12. The Morgan fingerprint density at radius 2 is 1.89 bits per heavy atom. The standard InChI is InChI=1S/C29H36N4O3/c1-4-18-15-22-23(17-25(18)32-9-7-20(8-10-32)33(35)11-13-36-14-12-33)29(2,3)28-26(27(22)34)21-6-5-19(30)16-24(21)31-28/h5-6,15-17,20,35H,4,7-14,30H2,1-3H3/p+1. The van der Waals surface area contributed by atoms with E-state index in [0.29, 0.717) is 32.0 Å². The number of morpholine rings is 1. The van der Waals surface area contributed by atoms with E-state index in [0.717, 1.165) is 65.6 Å². The maximum atomic E-state index is 13.9. The number of hydrogen-bond acceptors (Lipinski definition) is 5. The van der Waals surface area contributed by atoms with E-state index >= 15 is 0 Å². The summed E-state index contributed by atoms with van der Waals surface area (Å²) in [6.07, 6.45) is 2.77. The number of aromatic nitrogens is 1. The third-order valence-electron chi connectivity index (χ3n) is 8.92. The van der Waals surface area contributed by atoms with Gasteiger partial charge in [0, 0.05) is 64.9 Å². The van der Waals surface area contributed by atoms with Crippen LogP contribution in [0.4, 0.5) is 11.4 Å². The number of hydrogen-bond donors (Lipinski definition) is 3. The summed E-state index contributed by atoms with van der Waals surface area (Å²) in [6, 6.07) is 10.4. The molecular formula is C29H37N4O3+. The lowest BCUT2D eigenvalue weighted by atomic mass is 9.70. The Kier molecular flexibility index (Phi) is 5.44. The number of fused-ring (bicyclic) bond motifs is 4. The summed E-state index contributed by atoms with van der Waals surface area (Å²) < 4.78 is 5.63. The Labute approximate surface area is 212 Å². The van der Waals surface area contributed by atoms with Gasteiger partial charge in [0.25, 0.3) is 0 Å². The molecule has 2 saturated heterocycles. The number of aromatic amines is 1. The fourth-order valence-corrected chi connectivity index (χ4v) is 6.72. The molecule has 3 heterocycles. The first-order chi connectivity index (χ1) is 17.2. The molecule has 0 amide bonds. The van der Waals surface area contributed by atoms with Crippen LogP contribution in [0, 0.1) is 0 Å².